The van der Waals surface area contributed by atoms with Crippen LogP contribution in [0.15, 0.2) is 42.5 Å². The van der Waals surface area contributed by atoms with Gasteiger partial charge in [0, 0.05) is 0 Å². The fraction of sp³-hybridized carbons (Fsp3) is 0.538. The van der Waals surface area contributed by atoms with Gasteiger partial charge >= 0.3 is 0 Å². The van der Waals surface area contributed by atoms with Crippen LogP contribution in [0.3, 0.4) is 0 Å². The van der Waals surface area contributed by atoms with Crippen molar-refractivity contribution in [1.29, 1.82) is 0 Å². The monoisotopic (exact) mass is 382 g/mol. The minimum Gasteiger partial charge on any atom is -0.0636 e. The standard InChI is InChI=1S/C26H39P/c1-18(2)20-15-13-16-21(19(3)4)24(20)22-14-11-12-17-23(22)27(25(5,6)7)26(8,9)10/h11-19H,1-10H3. The highest BCUT2D eigenvalue weighted by atomic mass is 31.1. The SMILES string of the molecule is CC(C)c1cccc(C(C)C)c1-c1ccccc1P(C(C)(C)C)C(C)(C)C. The predicted octanol–water partition coefficient (Wildman–Crippen LogP) is 8.30. The maximum Gasteiger partial charge on any atom is -0.0101 e. The van der Waals surface area contributed by atoms with Crippen molar-refractivity contribution in [2.24, 2.45) is 0 Å². The van der Waals surface area contributed by atoms with Crippen LogP contribution in [-0.2, 0) is 0 Å². The largest absolute Gasteiger partial charge is 0.0636 e. The van der Waals surface area contributed by atoms with Gasteiger partial charge in [-0.15, -0.1) is 0 Å². The zero-order valence-corrected chi connectivity index (χ0v) is 20.0. The Balaban J connectivity index is 2.88. The molecule has 0 fully saturated rings. The predicted molar refractivity (Wildman–Crippen MR) is 126 cm³/mol. The molecule has 0 aromatic heterocycles. The minimum atomic E-state index is -0.346. The smallest absolute Gasteiger partial charge is 0.0101 e. The van der Waals surface area contributed by atoms with Gasteiger partial charge in [0.1, 0.15) is 0 Å². The molecule has 148 valence electrons. The van der Waals surface area contributed by atoms with Crippen LogP contribution in [-0.4, -0.2) is 10.3 Å². The van der Waals surface area contributed by atoms with Crippen LogP contribution >= 0.6 is 7.92 Å². The first-order valence-corrected chi connectivity index (χ1v) is 11.7. The summed E-state index contributed by atoms with van der Waals surface area (Å²) in [4.78, 5) is 0. The fourth-order valence-corrected chi connectivity index (χ4v) is 8.59. The lowest BCUT2D eigenvalue weighted by molar-refractivity contribution is 0.715. The molecule has 0 aliphatic carbocycles. The van der Waals surface area contributed by atoms with E-state index in [-0.39, 0.29) is 18.2 Å². The number of hydrogen-bond acceptors (Lipinski definition) is 0. The van der Waals surface area contributed by atoms with E-state index in [0.29, 0.717) is 11.8 Å². The van der Waals surface area contributed by atoms with Gasteiger partial charge in [0.15, 0.2) is 0 Å². The second kappa shape index (κ2) is 8.08. The number of rotatable bonds is 4. The molecule has 1 heteroatoms. The molecule has 2 aromatic rings. The average molecular weight is 383 g/mol. The van der Waals surface area contributed by atoms with Crippen LogP contribution in [0.25, 0.3) is 11.1 Å². The lowest BCUT2D eigenvalue weighted by atomic mass is 9.85. The molecule has 0 amide bonds. The Kier molecular flexibility index (Phi) is 6.63. The summed E-state index contributed by atoms with van der Waals surface area (Å²) in [6, 6.07) is 16.1. The van der Waals surface area contributed by atoms with Crippen molar-refractivity contribution >= 4 is 13.2 Å². The molecule has 0 aliphatic heterocycles. The van der Waals surface area contributed by atoms with Crippen LogP contribution in [0.1, 0.15) is 92.2 Å². The van der Waals surface area contributed by atoms with Crippen molar-refractivity contribution in [3.8, 4) is 11.1 Å². The van der Waals surface area contributed by atoms with Crippen LogP contribution in [0, 0.1) is 0 Å². The van der Waals surface area contributed by atoms with Crippen molar-refractivity contribution < 1.29 is 0 Å². The third kappa shape index (κ3) is 4.83. The van der Waals surface area contributed by atoms with Gasteiger partial charge in [0.2, 0.25) is 0 Å². The summed E-state index contributed by atoms with van der Waals surface area (Å²) < 4.78 is 0. The van der Waals surface area contributed by atoms with Gasteiger partial charge in [0.05, 0.1) is 0 Å². The zero-order chi connectivity index (χ0) is 20.6. The minimum absolute atomic E-state index is 0.258. The Morgan fingerprint density at radius 3 is 1.48 bits per heavy atom. The van der Waals surface area contributed by atoms with Crippen molar-refractivity contribution in [2.45, 2.75) is 91.4 Å². The molecule has 2 aromatic carbocycles. The molecule has 0 nitrogen and oxygen atoms in total. The lowest BCUT2D eigenvalue weighted by Crippen LogP contribution is -2.32. The van der Waals surface area contributed by atoms with Gasteiger partial charge in [-0.25, -0.2) is 0 Å². The maximum absolute atomic E-state index is 2.42. The summed E-state index contributed by atoms with van der Waals surface area (Å²) in [5, 5.41) is 2.07. The van der Waals surface area contributed by atoms with E-state index < -0.39 is 0 Å². The summed E-state index contributed by atoms with van der Waals surface area (Å²) in [5.41, 5.74) is 5.90. The average Bonchev–Trinajstić information content (AvgIpc) is 2.51. The van der Waals surface area contributed by atoms with E-state index >= 15 is 0 Å². The molecule has 0 radical (unpaired) electrons. The van der Waals surface area contributed by atoms with Gasteiger partial charge in [-0.2, -0.15) is 0 Å². The molecule has 0 spiro atoms. The van der Waals surface area contributed by atoms with Crippen molar-refractivity contribution in [3.63, 3.8) is 0 Å². The van der Waals surface area contributed by atoms with Crippen molar-refractivity contribution in [2.75, 3.05) is 0 Å². The first-order valence-electron chi connectivity index (χ1n) is 10.4. The molecule has 0 heterocycles. The highest BCUT2D eigenvalue weighted by Gasteiger charge is 2.37. The van der Waals surface area contributed by atoms with E-state index in [1.165, 1.54) is 22.3 Å². The van der Waals surface area contributed by atoms with Gasteiger partial charge in [-0.3, -0.25) is 0 Å². The summed E-state index contributed by atoms with van der Waals surface area (Å²) in [6.45, 7) is 23.8. The highest BCUT2D eigenvalue weighted by Crippen LogP contribution is 2.59. The number of hydrogen-bond donors (Lipinski definition) is 0. The van der Waals surface area contributed by atoms with Crippen molar-refractivity contribution in [1.82, 2.24) is 0 Å². The van der Waals surface area contributed by atoms with Gasteiger partial charge in [-0.1, -0.05) is 120 Å². The van der Waals surface area contributed by atoms with Crippen LogP contribution in [0.5, 0.6) is 0 Å². The maximum atomic E-state index is 2.42. The van der Waals surface area contributed by atoms with Crippen LogP contribution < -0.4 is 5.30 Å². The highest BCUT2D eigenvalue weighted by molar-refractivity contribution is 7.68. The molecule has 27 heavy (non-hydrogen) atoms. The topological polar surface area (TPSA) is 0 Å². The normalized spacial score (nSPS) is 13.1. The van der Waals surface area contributed by atoms with Crippen LogP contribution in [0.2, 0.25) is 0 Å². The van der Waals surface area contributed by atoms with E-state index in [4.69, 9.17) is 0 Å². The van der Waals surface area contributed by atoms with Gasteiger partial charge in [0.25, 0.3) is 0 Å². The van der Waals surface area contributed by atoms with Gasteiger partial charge in [-0.05, 0) is 49.7 Å². The first kappa shape index (κ1) is 22.2. The Bertz CT molecular complexity index is 729. The fourth-order valence-electron chi connectivity index (χ4n) is 4.47. The van der Waals surface area contributed by atoms with E-state index in [2.05, 4.69) is 112 Å². The molecular weight excluding hydrogens is 343 g/mol. The first-order chi connectivity index (χ1) is 12.4. The Hall–Kier alpha value is -1.13. The Morgan fingerprint density at radius 1 is 0.630 bits per heavy atom. The molecule has 0 saturated carbocycles. The van der Waals surface area contributed by atoms with Gasteiger partial charge < -0.3 is 0 Å². The molecule has 0 atom stereocenters. The molecular formula is C26H39P. The summed E-state index contributed by atoms with van der Waals surface area (Å²) >= 11 is 0. The third-order valence-corrected chi connectivity index (χ3v) is 8.68. The quantitative estimate of drug-likeness (QED) is 0.466. The van der Waals surface area contributed by atoms with E-state index in [0.717, 1.165) is 0 Å². The number of benzene rings is 2. The molecule has 0 N–H and O–H groups in total. The Morgan fingerprint density at radius 2 is 1.07 bits per heavy atom. The summed E-state index contributed by atoms with van der Waals surface area (Å²) in [5.74, 6) is 1.03. The molecule has 2 rings (SSSR count). The van der Waals surface area contributed by atoms with E-state index in [1.807, 2.05) is 0 Å². The third-order valence-electron chi connectivity index (χ3n) is 5.13. The molecule has 0 unspecified atom stereocenters. The van der Waals surface area contributed by atoms with E-state index in [9.17, 15) is 0 Å². The van der Waals surface area contributed by atoms with Crippen molar-refractivity contribution in [3.05, 3.63) is 53.6 Å². The summed E-state index contributed by atoms with van der Waals surface area (Å²) in [6.07, 6.45) is 0. The van der Waals surface area contributed by atoms with E-state index in [1.54, 1.807) is 5.30 Å². The van der Waals surface area contributed by atoms with Crippen LogP contribution in [0.4, 0.5) is 0 Å². The molecule has 0 saturated heterocycles. The second-order valence-corrected chi connectivity index (χ2v) is 14.2. The summed E-state index contributed by atoms with van der Waals surface area (Å²) in [7, 11) is -0.346. The lowest BCUT2D eigenvalue weighted by Gasteiger charge is -2.43. The molecule has 0 bridgehead atoms. The Labute approximate surface area is 169 Å². The zero-order valence-electron chi connectivity index (χ0n) is 19.1. The second-order valence-electron chi connectivity index (χ2n) is 10.3. The molecule has 0 aliphatic rings.